The van der Waals surface area contributed by atoms with Gasteiger partial charge in [-0.05, 0) is 19.1 Å². The summed E-state index contributed by atoms with van der Waals surface area (Å²) >= 11 is 3.41. The Labute approximate surface area is 94.0 Å². The van der Waals surface area contributed by atoms with E-state index < -0.39 is 0 Å². The van der Waals surface area contributed by atoms with Gasteiger partial charge in [0, 0.05) is 10.0 Å². The molecule has 0 aliphatic rings. The second-order valence-corrected chi connectivity index (χ2v) is 5.05. The van der Waals surface area contributed by atoms with Crippen LogP contribution in [0.15, 0.2) is 33.8 Å². The summed E-state index contributed by atoms with van der Waals surface area (Å²) < 4.78 is 1.70. The maximum absolute atomic E-state index is 4.55. The smallest absolute Gasteiger partial charge is 0.0999 e. The molecule has 1 aromatic carbocycles. The molecule has 14 heavy (non-hydrogen) atoms. The van der Waals surface area contributed by atoms with E-state index in [1.54, 1.807) is 0 Å². The molecule has 0 aromatic heterocycles. The second kappa shape index (κ2) is 4.24. The van der Waals surface area contributed by atoms with E-state index in [0.717, 1.165) is 10.2 Å². The molecule has 0 saturated heterocycles. The third-order valence-electron chi connectivity index (χ3n) is 1.71. The first-order valence-corrected chi connectivity index (χ1v) is 5.32. The Hall–Kier alpha value is -0.670. The normalized spacial score (nSPS) is 13.1. The zero-order valence-corrected chi connectivity index (χ0v) is 10.7. The van der Waals surface area contributed by atoms with Gasteiger partial charge in [0.1, 0.15) is 0 Å². The largest absolute Gasteiger partial charge is 0.205 e. The highest BCUT2D eigenvalue weighted by atomic mass is 79.9. The summed E-state index contributed by atoms with van der Waals surface area (Å²) in [5, 5.41) is 4.55. The van der Waals surface area contributed by atoms with Crippen molar-refractivity contribution in [3.63, 3.8) is 0 Å². The van der Waals surface area contributed by atoms with Gasteiger partial charge < -0.3 is 0 Å². The SMILES string of the molecule is CC(=N[N+](C)(C)C)c1ccc(Br)cc1. The van der Waals surface area contributed by atoms with Gasteiger partial charge in [0.2, 0.25) is 0 Å². The zero-order chi connectivity index (χ0) is 10.8. The van der Waals surface area contributed by atoms with Crippen LogP contribution in [0.1, 0.15) is 12.5 Å². The molecule has 0 aliphatic carbocycles. The van der Waals surface area contributed by atoms with Crippen LogP contribution in [0.4, 0.5) is 0 Å². The Kier molecular flexibility index (Phi) is 3.45. The maximum atomic E-state index is 4.55. The molecular formula is C11H16BrN2+. The lowest BCUT2D eigenvalue weighted by atomic mass is 10.1. The average Bonchev–Trinajstić information content (AvgIpc) is 2.02. The molecule has 0 heterocycles. The Balaban J connectivity index is 2.95. The molecular weight excluding hydrogens is 240 g/mol. The molecule has 1 rings (SSSR count). The summed E-state index contributed by atoms with van der Waals surface area (Å²) in [7, 11) is 6.13. The van der Waals surface area contributed by atoms with Crippen LogP contribution in [-0.2, 0) is 0 Å². The number of hydrogen-bond donors (Lipinski definition) is 0. The molecule has 0 spiro atoms. The van der Waals surface area contributed by atoms with E-state index in [-0.39, 0.29) is 0 Å². The highest BCUT2D eigenvalue weighted by Gasteiger charge is 2.06. The van der Waals surface area contributed by atoms with Gasteiger partial charge in [0.05, 0.1) is 26.9 Å². The molecule has 0 amide bonds. The van der Waals surface area contributed by atoms with Gasteiger partial charge in [0.15, 0.2) is 0 Å². The molecule has 0 aliphatic heterocycles. The minimum Gasteiger partial charge on any atom is -0.205 e. The van der Waals surface area contributed by atoms with Crippen molar-refractivity contribution in [2.75, 3.05) is 21.1 Å². The van der Waals surface area contributed by atoms with Gasteiger partial charge in [-0.2, -0.15) is 0 Å². The molecule has 0 saturated carbocycles. The summed E-state index contributed by atoms with van der Waals surface area (Å²) in [6.45, 7) is 2.03. The first kappa shape index (κ1) is 11.4. The number of halogens is 1. The first-order chi connectivity index (χ1) is 6.38. The number of benzene rings is 1. The zero-order valence-electron chi connectivity index (χ0n) is 9.08. The van der Waals surface area contributed by atoms with Gasteiger partial charge in [-0.3, -0.25) is 0 Å². The lowest BCUT2D eigenvalue weighted by molar-refractivity contribution is -0.877. The van der Waals surface area contributed by atoms with Crippen molar-refractivity contribution in [2.45, 2.75) is 6.92 Å². The summed E-state index contributed by atoms with van der Waals surface area (Å²) in [5.74, 6) is 0. The lowest BCUT2D eigenvalue weighted by Crippen LogP contribution is -2.28. The van der Waals surface area contributed by atoms with Crippen LogP contribution in [-0.4, -0.2) is 31.4 Å². The van der Waals surface area contributed by atoms with Gasteiger partial charge >= 0.3 is 0 Å². The Bertz CT molecular complexity index is 333. The van der Waals surface area contributed by atoms with E-state index in [1.165, 1.54) is 5.56 Å². The fourth-order valence-electron chi connectivity index (χ4n) is 1.20. The molecule has 76 valence electrons. The summed E-state index contributed by atoms with van der Waals surface area (Å²) in [6, 6.07) is 8.20. The predicted molar refractivity (Wildman–Crippen MR) is 64.4 cm³/mol. The van der Waals surface area contributed by atoms with Crippen LogP contribution in [0.5, 0.6) is 0 Å². The van der Waals surface area contributed by atoms with Crippen molar-refractivity contribution >= 4 is 21.6 Å². The number of rotatable bonds is 2. The molecule has 0 unspecified atom stereocenters. The molecule has 2 nitrogen and oxygen atoms in total. The van der Waals surface area contributed by atoms with Crippen molar-refractivity contribution in [2.24, 2.45) is 5.10 Å². The van der Waals surface area contributed by atoms with E-state index in [2.05, 4.69) is 33.2 Å². The van der Waals surface area contributed by atoms with Crippen molar-refractivity contribution in [1.29, 1.82) is 0 Å². The fourth-order valence-corrected chi connectivity index (χ4v) is 1.46. The van der Waals surface area contributed by atoms with Gasteiger partial charge in [-0.15, -0.1) is 0 Å². The molecule has 0 bridgehead atoms. The Morgan fingerprint density at radius 1 is 1.14 bits per heavy atom. The van der Waals surface area contributed by atoms with E-state index in [4.69, 9.17) is 0 Å². The monoisotopic (exact) mass is 255 g/mol. The van der Waals surface area contributed by atoms with Crippen LogP contribution in [0, 0.1) is 0 Å². The molecule has 3 heteroatoms. The average molecular weight is 256 g/mol. The summed E-state index contributed by atoms with van der Waals surface area (Å²) in [5.41, 5.74) is 2.23. The van der Waals surface area contributed by atoms with Crippen LogP contribution in [0.2, 0.25) is 0 Å². The standard InChI is InChI=1S/C11H16BrN2/c1-9(13-14(2,3)4)10-5-7-11(12)8-6-10/h5-8H,1-4H3/q+1. The molecule has 0 N–H and O–H groups in total. The highest BCUT2D eigenvalue weighted by Crippen LogP contribution is 2.11. The molecule has 0 atom stereocenters. The van der Waals surface area contributed by atoms with Gasteiger partial charge in [0.25, 0.3) is 0 Å². The third kappa shape index (κ3) is 3.60. The third-order valence-corrected chi connectivity index (χ3v) is 2.24. The van der Waals surface area contributed by atoms with Crippen LogP contribution < -0.4 is 0 Å². The Morgan fingerprint density at radius 3 is 2.07 bits per heavy atom. The molecule has 1 aromatic rings. The van der Waals surface area contributed by atoms with Crippen molar-refractivity contribution < 1.29 is 4.59 Å². The van der Waals surface area contributed by atoms with Gasteiger partial charge in [-0.25, -0.2) is 4.59 Å². The topological polar surface area (TPSA) is 12.4 Å². The predicted octanol–water partition coefficient (Wildman–Crippen LogP) is 2.88. The minimum absolute atomic E-state index is 0.599. The van der Waals surface area contributed by atoms with E-state index in [9.17, 15) is 0 Å². The van der Waals surface area contributed by atoms with E-state index in [0.29, 0.717) is 4.59 Å². The maximum Gasteiger partial charge on any atom is 0.0999 e. The number of quaternary nitrogens is 1. The highest BCUT2D eigenvalue weighted by molar-refractivity contribution is 9.10. The number of hydrogen-bond acceptors (Lipinski definition) is 1. The minimum atomic E-state index is 0.599. The quantitative estimate of drug-likeness (QED) is 0.438. The Morgan fingerprint density at radius 2 is 1.64 bits per heavy atom. The van der Waals surface area contributed by atoms with Crippen LogP contribution in [0.25, 0.3) is 0 Å². The summed E-state index contributed by atoms with van der Waals surface area (Å²) in [4.78, 5) is 0. The second-order valence-electron chi connectivity index (χ2n) is 4.13. The lowest BCUT2D eigenvalue weighted by Gasteiger charge is -2.16. The van der Waals surface area contributed by atoms with Crippen LogP contribution in [0.3, 0.4) is 0 Å². The fraction of sp³-hybridized carbons (Fsp3) is 0.364. The van der Waals surface area contributed by atoms with Crippen molar-refractivity contribution in [1.82, 2.24) is 0 Å². The van der Waals surface area contributed by atoms with E-state index >= 15 is 0 Å². The summed E-state index contributed by atoms with van der Waals surface area (Å²) in [6.07, 6.45) is 0. The van der Waals surface area contributed by atoms with Crippen molar-refractivity contribution in [3.8, 4) is 0 Å². The molecule has 0 fully saturated rings. The number of nitrogens with zero attached hydrogens (tertiary/aromatic N) is 2. The van der Waals surface area contributed by atoms with Gasteiger partial charge in [-0.1, -0.05) is 33.2 Å². The van der Waals surface area contributed by atoms with E-state index in [1.807, 2.05) is 40.2 Å². The van der Waals surface area contributed by atoms with Crippen molar-refractivity contribution in [3.05, 3.63) is 34.3 Å². The molecule has 0 radical (unpaired) electrons. The van der Waals surface area contributed by atoms with Crippen LogP contribution >= 0.6 is 15.9 Å². The first-order valence-electron chi connectivity index (χ1n) is 4.53.